The summed E-state index contributed by atoms with van der Waals surface area (Å²) in [6.07, 6.45) is 0. The van der Waals surface area contributed by atoms with Gasteiger partial charge in [0, 0.05) is 24.1 Å². The lowest BCUT2D eigenvalue weighted by Gasteiger charge is -2.23. The highest BCUT2D eigenvalue weighted by molar-refractivity contribution is 8.93. The van der Waals surface area contributed by atoms with Gasteiger partial charge in [0.25, 0.3) is 0 Å². The Morgan fingerprint density at radius 3 is 2.24 bits per heavy atom. The molecule has 0 fully saturated rings. The molecule has 2 aromatic carbocycles. The molecule has 1 unspecified atom stereocenters. The molecule has 0 saturated carbocycles. The fourth-order valence-electron chi connectivity index (χ4n) is 3.02. The number of benzene rings is 2. The molecule has 0 heterocycles. The lowest BCUT2D eigenvalue weighted by atomic mass is 9.91. The van der Waals surface area contributed by atoms with Crippen LogP contribution in [-0.2, 0) is 11.3 Å². The Morgan fingerprint density at radius 1 is 1.00 bits per heavy atom. The van der Waals surface area contributed by atoms with Crippen LogP contribution in [0.5, 0.6) is 0 Å². The fraction of sp³-hybridized carbons (Fsp3) is 0.429. The molecule has 2 nitrogen and oxygen atoms in total. The maximum absolute atomic E-state index is 13.7. The minimum absolute atomic E-state index is 0. The Labute approximate surface area is 161 Å². The van der Waals surface area contributed by atoms with E-state index in [1.807, 2.05) is 6.07 Å². The lowest BCUT2D eigenvalue weighted by molar-refractivity contribution is 0.103. The molecule has 4 heteroatoms. The fourth-order valence-corrected chi connectivity index (χ4v) is 3.02. The molecule has 25 heavy (non-hydrogen) atoms. The van der Waals surface area contributed by atoms with Crippen molar-refractivity contribution >= 4 is 17.0 Å². The molecule has 1 atom stereocenters. The van der Waals surface area contributed by atoms with Crippen LogP contribution in [0.15, 0.2) is 42.5 Å². The predicted octanol–water partition coefficient (Wildman–Crippen LogP) is 5.32. The van der Waals surface area contributed by atoms with Crippen molar-refractivity contribution in [2.75, 3.05) is 13.2 Å². The molecule has 138 valence electrons. The molecule has 0 aromatic heterocycles. The molecule has 0 radical (unpaired) electrons. The summed E-state index contributed by atoms with van der Waals surface area (Å²) < 4.78 is 19.6. The van der Waals surface area contributed by atoms with Crippen LogP contribution < -0.4 is 5.32 Å². The van der Waals surface area contributed by atoms with Gasteiger partial charge in [-0.2, -0.15) is 0 Å². The first-order valence-electron chi connectivity index (χ1n) is 8.59. The van der Waals surface area contributed by atoms with E-state index in [4.69, 9.17) is 4.74 Å². The second-order valence-corrected chi connectivity index (χ2v) is 6.67. The monoisotopic (exact) mass is 409 g/mol. The van der Waals surface area contributed by atoms with Gasteiger partial charge in [0.1, 0.15) is 5.82 Å². The average molecular weight is 410 g/mol. The van der Waals surface area contributed by atoms with E-state index in [1.54, 1.807) is 12.1 Å². The van der Waals surface area contributed by atoms with Crippen molar-refractivity contribution in [3.05, 3.63) is 70.5 Å². The van der Waals surface area contributed by atoms with E-state index in [0.717, 1.165) is 6.54 Å². The molecule has 0 aliphatic rings. The highest BCUT2D eigenvalue weighted by atomic mass is 79.9. The van der Waals surface area contributed by atoms with E-state index in [0.29, 0.717) is 24.8 Å². The van der Waals surface area contributed by atoms with Crippen LogP contribution in [0.4, 0.5) is 4.39 Å². The molecule has 0 saturated heterocycles. The van der Waals surface area contributed by atoms with Crippen LogP contribution >= 0.6 is 17.0 Å². The Hall–Kier alpha value is -1.23. The van der Waals surface area contributed by atoms with E-state index < -0.39 is 0 Å². The molecule has 0 spiro atoms. The average Bonchev–Trinajstić information content (AvgIpc) is 2.53. The molecule has 0 aliphatic heterocycles. The molecule has 0 amide bonds. The van der Waals surface area contributed by atoms with Crippen LogP contribution in [0.3, 0.4) is 0 Å². The zero-order valence-electron chi connectivity index (χ0n) is 15.5. The Bertz CT molecular complexity index is 640. The van der Waals surface area contributed by atoms with Gasteiger partial charge in [-0.05, 0) is 36.6 Å². The Morgan fingerprint density at radius 2 is 1.64 bits per heavy atom. The van der Waals surface area contributed by atoms with E-state index in [9.17, 15) is 4.39 Å². The third-order valence-corrected chi connectivity index (χ3v) is 4.26. The Balaban J connectivity index is 0.00000312. The van der Waals surface area contributed by atoms with Crippen LogP contribution in [0.2, 0.25) is 0 Å². The van der Waals surface area contributed by atoms with Crippen LogP contribution in [0.1, 0.15) is 42.0 Å². The van der Waals surface area contributed by atoms with Gasteiger partial charge >= 0.3 is 0 Å². The second-order valence-electron chi connectivity index (χ2n) is 6.67. The maximum Gasteiger partial charge on any atom is 0.128 e. The molecular formula is C21H29BrFNO. The highest BCUT2D eigenvalue weighted by Crippen LogP contribution is 2.24. The molecule has 0 bridgehead atoms. The van der Waals surface area contributed by atoms with E-state index in [-0.39, 0.29) is 28.7 Å². The van der Waals surface area contributed by atoms with Gasteiger partial charge in [0.15, 0.2) is 0 Å². The number of ether oxygens (including phenoxy) is 1. The number of rotatable bonds is 8. The molecule has 2 rings (SSSR count). The van der Waals surface area contributed by atoms with Crippen molar-refractivity contribution in [3.8, 4) is 0 Å². The van der Waals surface area contributed by atoms with Crippen LogP contribution in [-0.4, -0.2) is 19.2 Å². The van der Waals surface area contributed by atoms with E-state index >= 15 is 0 Å². The van der Waals surface area contributed by atoms with Crippen molar-refractivity contribution in [2.24, 2.45) is 0 Å². The van der Waals surface area contributed by atoms with Gasteiger partial charge in [0.2, 0.25) is 0 Å². The van der Waals surface area contributed by atoms with Gasteiger partial charge in [0.05, 0.1) is 13.2 Å². The molecule has 1 N–H and O–H groups in total. The van der Waals surface area contributed by atoms with Gasteiger partial charge in [-0.25, -0.2) is 4.39 Å². The second kappa shape index (κ2) is 10.7. The third kappa shape index (κ3) is 6.53. The summed E-state index contributed by atoms with van der Waals surface area (Å²) in [6, 6.07) is 13.6. The topological polar surface area (TPSA) is 21.3 Å². The zero-order valence-corrected chi connectivity index (χ0v) is 17.2. The van der Waals surface area contributed by atoms with Crippen molar-refractivity contribution in [2.45, 2.75) is 46.3 Å². The highest BCUT2D eigenvalue weighted by Gasteiger charge is 2.17. The van der Waals surface area contributed by atoms with Crippen molar-refractivity contribution in [3.63, 3.8) is 0 Å². The quantitative estimate of drug-likeness (QED) is 0.636. The third-order valence-electron chi connectivity index (χ3n) is 4.26. The van der Waals surface area contributed by atoms with E-state index in [2.05, 4.69) is 51.2 Å². The summed E-state index contributed by atoms with van der Waals surface area (Å²) in [6.45, 7) is 10.3. The first kappa shape index (κ1) is 21.8. The predicted molar refractivity (Wildman–Crippen MR) is 108 cm³/mol. The molecular weight excluding hydrogens is 381 g/mol. The van der Waals surface area contributed by atoms with E-state index in [1.165, 1.54) is 22.8 Å². The molecule has 0 aliphatic carbocycles. The van der Waals surface area contributed by atoms with Gasteiger partial charge in [-0.15, -0.1) is 17.0 Å². The summed E-state index contributed by atoms with van der Waals surface area (Å²) in [7, 11) is 0. The zero-order chi connectivity index (χ0) is 17.5. The first-order chi connectivity index (χ1) is 11.5. The number of aryl methyl sites for hydroxylation is 2. The number of halogens is 2. The standard InChI is InChI=1S/C21H28FNO.BrH/c1-15(2)23-12-19(21-16(3)8-7-9-17(21)4)14-24-13-18-10-5-6-11-20(18)22;/h5-11,15,19,23H,12-14H2,1-4H3;1H. The van der Waals surface area contributed by atoms with Gasteiger partial charge in [-0.1, -0.05) is 50.2 Å². The molecule has 2 aromatic rings. The van der Waals surface area contributed by atoms with Crippen molar-refractivity contribution in [1.29, 1.82) is 0 Å². The van der Waals surface area contributed by atoms with Crippen LogP contribution in [0, 0.1) is 19.7 Å². The maximum atomic E-state index is 13.7. The SMILES string of the molecule is Br.Cc1cccc(C)c1C(CNC(C)C)COCc1ccccc1F. The van der Waals surface area contributed by atoms with Crippen molar-refractivity contribution < 1.29 is 9.13 Å². The van der Waals surface area contributed by atoms with Gasteiger partial charge < -0.3 is 10.1 Å². The minimum atomic E-state index is -0.207. The summed E-state index contributed by atoms with van der Waals surface area (Å²) in [5, 5.41) is 3.50. The normalized spacial score (nSPS) is 12.1. The number of hydrogen-bond donors (Lipinski definition) is 1. The first-order valence-corrected chi connectivity index (χ1v) is 8.59. The summed E-state index contributed by atoms with van der Waals surface area (Å²) >= 11 is 0. The smallest absolute Gasteiger partial charge is 0.128 e. The number of nitrogens with one attached hydrogen (secondary N) is 1. The van der Waals surface area contributed by atoms with Crippen LogP contribution in [0.25, 0.3) is 0 Å². The van der Waals surface area contributed by atoms with Crippen molar-refractivity contribution in [1.82, 2.24) is 5.32 Å². The summed E-state index contributed by atoms with van der Waals surface area (Å²) in [5.74, 6) is 0.0433. The van der Waals surface area contributed by atoms with Gasteiger partial charge in [-0.3, -0.25) is 0 Å². The Kier molecular flexibility index (Phi) is 9.33. The summed E-state index contributed by atoms with van der Waals surface area (Å²) in [5.41, 5.74) is 4.49. The summed E-state index contributed by atoms with van der Waals surface area (Å²) in [4.78, 5) is 0. The minimum Gasteiger partial charge on any atom is -0.376 e. The number of hydrogen-bond acceptors (Lipinski definition) is 2. The lowest BCUT2D eigenvalue weighted by Crippen LogP contribution is -2.30. The largest absolute Gasteiger partial charge is 0.376 e.